The Kier molecular flexibility index (Phi) is 3.51. The summed E-state index contributed by atoms with van der Waals surface area (Å²) in [6.07, 6.45) is 1.69. The normalized spacial score (nSPS) is 11.4. The summed E-state index contributed by atoms with van der Waals surface area (Å²) in [5, 5.41) is 16.8. The second-order valence-electron chi connectivity index (χ2n) is 1.65. The molecule has 0 aromatic carbocycles. The van der Waals surface area contributed by atoms with E-state index in [1.807, 2.05) is 0 Å². The Morgan fingerprint density at radius 3 is 2.44 bits per heavy atom. The van der Waals surface area contributed by atoms with Crippen molar-refractivity contribution < 1.29 is 15.0 Å². The number of aliphatic hydroxyl groups is 1. The number of carbonyl (C=O) groups is 1. The lowest BCUT2D eigenvalue weighted by atomic mass is 10.3. The maximum atomic E-state index is 9.86. The highest BCUT2D eigenvalue weighted by Crippen LogP contribution is 1.95. The first kappa shape index (κ1) is 8.01. The number of carboxylic acids is 1. The minimum Gasteiger partial charge on any atom is -0.513 e. The van der Waals surface area contributed by atoms with Crippen molar-refractivity contribution in [2.24, 2.45) is 0 Å². The second-order valence-corrected chi connectivity index (χ2v) is 1.65. The van der Waals surface area contributed by atoms with Crippen LogP contribution in [0, 0.1) is 0 Å². The summed E-state index contributed by atoms with van der Waals surface area (Å²) < 4.78 is 0. The van der Waals surface area contributed by atoms with Crippen molar-refractivity contribution in [2.45, 2.75) is 19.8 Å². The number of carboxylic acid groups (broad SMARTS) is 1. The second kappa shape index (κ2) is 3.95. The summed E-state index contributed by atoms with van der Waals surface area (Å²) in [6, 6.07) is 0. The Morgan fingerprint density at radius 1 is 1.56 bits per heavy atom. The molecule has 0 saturated carbocycles. The predicted molar refractivity (Wildman–Crippen MR) is 33.3 cm³/mol. The van der Waals surface area contributed by atoms with E-state index in [-0.39, 0.29) is 12.2 Å². The predicted octanol–water partition coefficient (Wildman–Crippen LogP) is 1.31. The lowest BCUT2D eigenvalue weighted by Crippen LogP contribution is -1.91. The van der Waals surface area contributed by atoms with Crippen LogP contribution in [0.25, 0.3) is 0 Å². The third-order valence-corrected chi connectivity index (χ3v) is 0.875. The maximum absolute atomic E-state index is 9.86. The molecule has 0 atom stereocenters. The lowest BCUT2D eigenvalue weighted by Gasteiger charge is -1.89. The monoisotopic (exact) mass is 130 g/mol. The minimum absolute atomic E-state index is 0.0975. The van der Waals surface area contributed by atoms with Crippen LogP contribution in [0.3, 0.4) is 0 Å². The van der Waals surface area contributed by atoms with Gasteiger partial charge in [-0.25, -0.2) is 0 Å². The molecule has 0 amide bonds. The average Bonchev–Trinajstić information content (AvgIpc) is 1.83. The van der Waals surface area contributed by atoms with Gasteiger partial charge in [-0.1, -0.05) is 6.92 Å². The van der Waals surface area contributed by atoms with Crippen molar-refractivity contribution in [2.75, 3.05) is 0 Å². The number of hydrogen-bond acceptors (Lipinski definition) is 2. The van der Waals surface area contributed by atoms with Crippen LogP contribution in [0.1, 0.15) is 19.8 Å². The van der Waals surface area contributed by atoms with Crippen LogP contribution in [0.5, 0.6) is 0 Å². The molecule has 0 heterocycles. The van der Waals surface area contributed by atoms with Gasteiger partial charge in [0.25, 0.3) is 0 Å². The smallest absolute Gasteiger partial charge is 0.307 e. The molecular weight excluding hydrogens is 120 g/mol. The van der Waals surface area contributed by atoms with Crippen molar-refractivity contribution in [3.8, 4) is 0 Å². The zero-order valence-electron chi connectivity index (χ0n) is 5.29. The molecule has 3 nitrogen and oxygen atoms in total. The van der Waals surface area contributed by atoms with E-state index in [1.165, 1.54) is 6.08 Å². The highest BCUT2D eigenvalue weighted by atomic mass is 16.4. The maximum Gasteiger partial charge on any atom is 0.307 e. The highest BCUT2D eigenvalue weighted by Gasteiger charge is 1.92. The Bertz CT molecular complexity index is 126. The fraction of sp³-hybridized carbons (Fsp3) is 0.500. The third-order valence-electron chi connectivity index (χ3n) is 0.875. The van der Waals surface area contributed by atoms with Gasteiger partial charge >= 0.3 is 5.97 Å². The zero-order chi connectivity index (χ0) is 7.28. The molecule has 0 spiro atoms. The molecule has 3 heteroatoms. The first-order valence-electron chi connectivity index (χ1n) is 2.76. The van der Waals surface area contributed by atoms with Crippen LogP contribution in [-0.2, 0) is 4.79 Å². The Labute approximate surface area is 53.6 Å². The highest BCUT2D eigenvalue weighted by molar-refractivity contribution is 5.68. The largest absolute Gasteiger partial charge is 0.513 e. The van der Waals surface area contributed by atoms with Crippen molar-refractivity contribution >= 4 is 5.97 Å². The van der Waals surface area contributed by atoms with E-state index in [4.69, 9.17) is 10.2 Å². The van der Waals surface area contributed by atoms with Gasteiger partial charge in [0.1, 0.15) is 0 Å². The van der Waals surface area contributed by atoms with E-state index in [1.54, 1.807) is 6.92 Å². The molecule has 0 bridgehead atoms. The molecular formula is C6H10O3. The molecule has 52 valence electrons. The summed E-state index contributed by atoms with van der Waals surface area (Å²) in [7, 11) is 0. The van der Waals surface area contributed by atoms with Gasteiger partial charge in [-0.05, 0) is 6.08 Å². The summed E-state index contributed by atoms with van der Waals surface area (Å²) in [4.78, 5) is 9.86. The summed E-state index contributed by atoms with van der Waals surface area (Å²) >= 11 is 0. The molecule has 0 aliphatic rings. The van der Waals surface area contributed by atoms with Crippen LogP contribution in [0.2, 0.25) is 0 Å². The minimum atomic E-state index is -0.921. The van der Waals surface area contributed by atoms with Crippen LogP contribution in [0.15, 0.2) is 11.8 Å². The van der Waals surface area contributed by atoms with Crippen LogP contribution in [-0.4, -0.2) is 16.2 Å². The van der Waals surface area contributed by atoms with Gasteiger partial charge in [-0.3, -0.25) is 4.79 Å². The van der Waals surface area contributed by atoms with E-state index in [9.17, 15) is 4.79 Å². The molecule has 0 radical (unpaired) electrons. The molecule has 0 rings (SSSR count). The summed E-state index contributed by atoms with van der Waals surface area (Å²) in [5.74, 6) is -0.785. The Morgan fingerprint density at radius 2 is 2.11 bits per heavy atom. The van der Waals surface area contributed by atoms with Crippen molar-refractivity contribution in [3.05, 3.63) is 11.8 Å². The van der Waals surface area contributed by atoms with E-state index in [2.05, 4.69) is 0 Å². The van der Waals surface area contributed by atoms with Crippen LogP contribution >= 0.6 is 0 Å². The molecule has 0 fully saturated rings. The topological polar surface area (TPSA) is 57.5 Å². The standard InChI is InChI=1S/C6H10O3/c1-2-5(7)3-4-6(8)9/h3,7H,2,4H2,1H3,(H,8,9). The summed E-state index contributed by atoms with van der Waals surface area (Å²) in [5.41, 5.74) is 0. The Hall–Kier alpha value is -0.990. The van der Waals surface area contributed by atoms with Gasteiger partial charge in [0, 0.05) is 6.42 Å². The molecule has 0 aromatic heterocycles. The molecule has 0 unspecified atom stereocenters. The Balaban J connectivity index is 3.56. The fourth-order valence-corrected chi connectivity index (χ4v) is 0.349. The molecule has 0 aromatic rings. The van der Waals surface area contributed by atoms with Gasteiger partial charge in [-0.2, -0.15) is 0 Å². The molecule has 9 heavy (non-hydrogen) atoms. The van der Waals surface area contributed by atoms with E-state index < -0.39 is 5.97 Å². The fourth-order valence-electron chi connectivity index (χ4n) is 0.349. The number of rotatable bonds is 3. The first-order chi connectivity index (χ1) is 4.16. The summed E-state index contributed by atoms with van der Waals surface area (Å²) in [6.45, 7) is 1.76. The van der Waals surface area contributed by atoms with Crippen molar-refractivity contribution in [1.82, 2.24) is 0 Å². The van der Waals surface area contributed by atoms with Gasteiger partial charge < -0.3 is 10.2 Å². The van der Waals surface area contributed by atoms with E-state index >= 15 is 0 Å². The van der Waals surface area contributed by atoms with Crippen molar-refractivity contribution in [1.29, 1.82) is 0 Å². The third kappa shape index (κ3) is 4.87. The van der Waals surface area contributed by atoms with E-state index in [0.29, 0.717) is 6.42 Å². The molecule has 0 aliphatic heterocycles. The number of aliphatic hydroxyl groups excluding tert-OH is 1. The van der Waals surface area contributed by atoms with Gasteiger partial charge in [0.05, 0.1) is 12.2 Å². The lowest BCUT2D eigenvalue weighted by molar-refractivity contribution is -0.136. The zero-order valence-corrected chi connectivity index (χ0v) is 5.29. The van der Waals surface area contributed by atoms with Gasteiger partial charge in [0.15, 0.2) is 0 Å². The number of aliphatic carboxylic acids is 1. The van der Waals surface area contributed by atoms with E-state index in [0.717, 1.165) is 0 Å². The molecule has 0 saturated heterocycles. The molecule has 2 N–H and O–H groups in total. The van der Waals surface area contributed by atoms with Crippen LogP contribution < -0.4 is 0 Å². The quantitative estimate of drug-likeness (QED) is 0.566. The van der Waals surface area contributed by atoms with Crippen LogP contribution in [0.4, 0.5) is 0 Å². The number of allylic oxidation sites excluding steroid dienone is 1. The van der Waals surface area contributed by atoms with Gasteiger partial charge in [-0.15, -0.1) is 0 Å². The average molecular weight is 130 g/mol. The molecule has 0 aliphatic carbocycles. The SMILES string of the molecule is CCC(O)=CCC(=O)O. The van der Waals surface area contributed by atoms with Crippen molar-refractivity contribution in [3.63, 3.8) is 0 Å². The first-order valence-corrected chi connectivity index (χ1v) is 2.76. The van der Waals surface area contributed by atoms with Gasteiger partial charge in [0.2, 0.25) is 0 Å². The number of hydrogen-bond donors (Lipinski definition) is 2.